The summed E-state index contributed by atoms with van der Waals surface area (Å²) in [5.41, 5.74) is 0.674. The minimum Gasteiger partial charge on any atom is -0.494 e. The second-order valence-electron chi connectivity index (χ2n) is 4.00. The lowest BCUT2D eigenvalue weighted by molar-refractivity contribution is 0.219. The van der Waals surface area contributed by atoms with Crippen molar-refractivity contribution < 1.29 is 13.9 Å². The molecule has 2 amide bonds. The molecule has 6 heteroatoms. The van der Waals surface area contributed by atoms with E-state index in [0.29, 0.717) is 25.3 Å². The first-order chi connectivity index (χ1) is 8.70. The highest BCUT2D eigenvalue weighted by Crippen LogP contribution is 2.20. The van der Waals surface area contributed by atoms with Crippen LogP contribution in [0.4, 0.5) is 14.9 Å². The molecule has 1 aliphatic heterocycles. The van der Waals surface area contributed by atoms with Gasteiger partial charge in [0.15, 0.2) is 11.6 Å². The highest BCUT2D eigenvalue weighted by Gasteiger charge is 2.18. The molecule has 1 heterocycles. The summed E-state index contributed by atoms with van der Waals surface area (Å²) in [6, 6.07) is 4.65. The van der Waals surface area contributed by atoms with E-state index in [-0.39, 0.29) is 11.8 Å². The maximum absolute atomic E-state index is 13.4. The number of hydrogen-bond acceptors (Lipinski definition) is 3. The molecule has 1 saturated heterocycles. The fraction of sp³-hybridized carbons (Fsp3) is 0.417. The molecule has 1 aliphatic rings. The van der Waals surface area contributed by atoms with Crippen molar-refractivity contribution in [2.45, 2.75) is 0 Å². The number of amides is 2. The van der Waals surface area contributed by atoms with Crippen LogP contribution in [0.25, 0.3) is 0 Å². The molecule has 0 saturated carbocycles. The third-order valence-corrected chi connectivity index (χ3v) is 2.81. The van der Waals surface area contributed by atoms with Gasteiger partial charge in [-0.15, -0.1) is 0 Å². The topological polar surface area (TPSA) is 53.6 Å². The van der Waals surface area contributed by atoms with Gasteiger partial charge in [0.25, 0.3) is 0 Å². The highest BCUT2D eigenvalue weighted by atomic mass is 19.1. The van der Waals surface area contributed by atoms with Crippen LogP contribution in [0, 0.1) is 5.82 Å². The SMILES string of the molecule is COc1ccc(NCCN2CCNC2=O)cc1F. The summed E-state index contributed by atoms with van der Waals surface area (Å²) in [4.78, 5) is 13.0. The molecular weight excluding hydrogens is 237 g/mol. The van der Waals surface area contributed by atoms with Crippen LogP contribution in [0.2, 0.25) is 0 Å². The summed E-state index contributed by atoms with van der Waals surface area (Å²) in [6.45, 7) is 2.59. The lowest BCUT2D eigenvalue weighted by Crippen LogP contribution is -2.32. The summed E-state index contributed by atoms with van der Waals surface area (Å²) in [6.07, 6.45) is 0. The number of halogens is 1. The lowest BCUT2D eigenvalue weighted by Gasteiger charge is -2.15. The van der Waals surface area contributed by atoms with Gasteiger partial charge >= 0.3 is 6.03 Å². The molecule has 0 spiro atoms. The largest absolute Gasteiger partial charge is 0.494 e. The van der Waals surface area contributed by atoms with Gasteiger partial charge in [-0.2, -0.15) is 0 Å². The molecule has 0 atom stereocenters. The van der Waals surface area contributed by atoms with E-state index in [1.54, 1.807) is 17.0 Å². The van der Waals surface area contributed by atoms with Crippen molar-refractivity contribution in [2.75, 3.05) is 38.6 Å². The first kappa shape index (κ1) is 12.5. The molecular formula is C12H16FN3O2. The van der Waals surface area contributed by atoms with Crippen molar-refractivity contribution in [3.63, 3.8) is 0 Å². The second kappa shape index (κ2) is 5.57. The third-order valence-electron chi connectivity index (χ3n) is 2.81. The Balaban J connectivity index is 1.83. The zero-order valence-corrected chi connectivity index (χ0v) is 10.2. The minimum atomic E-state index is -0.401. The van der Waals surface area contributed by atoms with E-state index in [0.717, 1.165) is 6.54 Å². The van der Waals surface area contributed by atoms with Crippen molar-refractivity contribution in [1.29, 1.82) is 0 Å². The molecule has 5 nitrogen and oxygen atoms in total. The summed E-state index contributed by atoms with van der Waals surface area (Å²) in [5, 5.41) is 5.79. The second-order valence-corrected chi connectivity index (χ2v) is 4.00. The van der Waals surface area contributed by atoms with Crippen LogP contribution in [0.3, 0.4) is 0 Å². The van der Waals surface area contributed by atoms with Crippen molar-refractivity contribution in [2.24, 2.45) is 0 Å². The van der Waals surface area contributed by atoms with Gasteiger partial charge in [-0.25, -0.2) is 9.18 Å². The Morgan fingerprint density at radius 3 is 3.00 bits per heavy atom. The Morgan fingerprint density at radius 1 is 1.56 bits per heavy atom. The summed E-state index contributed by atoms with van der Waals surface area (Å²) >= 11 is 0. The third kappa shape index (κ3) is 2.82. The molecule has 2 N–H and O–H groups in total. The standard InChI is InChI=1S/C12H16FN3O2/c1-18-11-3-2-9(8-10(11)13)14-4-6-16-7-5-15-12(16)17/h2-3,8,14H,4-7H2,1H3,(H,15,17). The molecule has 0 radical (unpaired) electrons. The maximum Gasteiger partial charge on any atom is 0.317 e. The lowest BCUT2D eigenvalue weighted by atomic mass is 10.3. The van der Waals surface area contributed by atoms with Gasteiger partial charge in [0.05, 0.1) is 7.11 Å². The molecule has 98 valence electrons. The predicted molar refractivity (Wildman–Crippen MR) is 66.4 cm³/mol. The van der Waals surface area contributed by atoms with Crippen LogP contribution in [0.5, 0.6) is 5.75 Å². The van der Waals surface area contributed by atoms with Gasteiger partial charge in [-0.05, 0) is 12.1 Å². The van der Waals surface area contributed by atoms with Crippen molar-refractivity contribution in [3.8, 4) is 5.75 Å². The number of ether oxygens (including phenoxy) is 1. The van der Waals surface area contributed by atoms with Crippen molar-refractivity contribution in [1.82, 2.24) is 10.2 Å². The molecule has 2 rings (SSSR count). The van der Waals surface area contributed by atoms with E-state index in [4.69, 9.17) is 4.74 Å². The molecule has 0 aromatic heterocycles. The predicted octanol–water partition coefficient (Wildman–Crippen LogP) is 1.27. The average molecular weight is 253 g/mol. The Labute approximate surface area is 105 Å². The molecule has 0 unspecified atom stereocenters. The fourth-order valence-electron chi connectivity index (χ4n) is 1.84. The number of benzene rings is 1. The van der Waals surface area contributed by atoms with E-state index in [1.807, 2.05) is 0 Å². The number of hydrogen-bond donors (Lipinski definition) is 2. The quantitative estimate of drug-likeness (QED) is 0.831. The van der Waals surface area contributed by atoms with Gasteiger partial charge in [0.2, 0.25) is 0 Å². The van der Waals surface area contributed by atoms with Gasteiger partial charge < -0.3 is 20.3 Å². The number of methoxy groups -OCH3 is 1. The van der Waals surface area contributed by atoms with Crippen LogP contribution in [-0.4, -0.2) is 44.2 Å². The Bertz CT molecular complexity index is 439. The maximum atomic E-state index is 13.4. The summed E-state index contributed by atoms with van der Waals surface area (Å²) < 4.78 is 18.2. The smallest absolute Gasteiger partial charge is 0.317 e. The van der Waals surface area contributed by atoms with E-state index < -0.39 is 5.82 Å². The van der Waals surface area contributed by atoms with E-state index in [9.17, 15) is 9.18 Å². The zero-order valence-electron chi connectivity index (χ0n) is 10.2. The number of urea groups is 1. The van der Waals surface area contributed by atoms with E-state index in [2.05, 4.69) is 10.6 Å². The van der Waals surface area contributed by atoms with Gasteiger partial charge in [0.1, 0.15) is 0 Å². The van der Waals surface area contributed by atoms with Crippen molar-refractivity contribution >= 4 is 11.7 Å². The molecule has 18 heavy (non-hydrogen) atoms. The van der Waals surface area contributed by atoms with Crippen molar-refractivity contribution in [3.05, 3.63) is 24.0 Å². The fourth-order valence-corrected chi connectivity index (χ4v) is 1.84. The number of nitrogens with one attached hydrogen (secondary N) is 2. The van der Waals surface area contributed by atoms with Gasteiger partial charge in [-0.3, -0.25) is 0 Å². The molecule has 0 aliphatic carbocycles. The zero-order chi connectivity index (χ0) is 13.0. The van der Waals surface area contributed by atoms with E-state index in [1.165, 1.54) is 13.2 Å². The van der Waals surface area contributed by atoms with Crippen LogP contribution < -0.4 is 15.4 Å². The first-order valence-corrected chi connectivity index (χ1v) is 5.81. The van der Waals surface area contributed by atoms with Crippen LogP contribution in [0.1, 0.15) is 0 Å². The number of nitrogens with zero attached hydrogens (tertiary/aromatic N) is 1. The first-order valence-electron chi connectivity index (χ1n) is 5.81. The normalized spacial score (nSPS) is 14.6. The highest BCUT2D eigenvalue weighted by molar-refractivity contribution is 5.76. The summed E-state index contributed by atoms with van der Waals surface area (Å²) in [7, 11) is 1.43. The van der Waals surface area contributed by atoms with E-state index >= 15 is 0 Å². The Morgan fingerprint density at radius 2 is 2.39 bits per heavy atom. The molecule has 1 aromatic carbocycles. The molecule has 1 aromatic rings. The Kier molecular flexibility index (Phi) is 3.86. The number of rotatable bonds is 5. The molecule has 0 bridgehead atoms. The molecule has 1 fully saturated rings. The van der Waals surface area contributed by atoms with Crippen LogP contribution in [0.15, 0.2) is 18.2 Å². The number of anilines is 1. The Hall–Kier alpha value is -1.98. The van der Waals surface area contributed by atoms with Gasteiger partial charge in [0, 0.05) is 37.9 Å². The van der Waals surface area contributed by atoms with Crippen LogP contribution >= 0.6 is 0 Å². The number of carbonyl (C=O) groups is 1. The average Bonchev–Trinajstić information content (AvgIpc) is 2.75. The minimum absolute atomic E-state index is 0.0438. The van der Waals surface area contributed by atoms with Crippen LogP contribution in [-0.2, 0) is 0 Å². The monoisotopic (exact) mass is 253 g/mol. The van der Waals surface area contributed by atoms with Gasteiger partial charge in [-0.1, -0.05) is 0 Å². The summed E-state index contributed by atoms with van der Waals surface area (Å²) in [5.74, 6) is -0.180. The number of carbonyl (C=O) groups excluding carboxylic acids is 1.